The normalized spacial score (nSPS) is 17.4. The summed E-state index contributed by atoms with van der Waals surface area (Å²) >= 11 is 1.50. The lowest BCUT2D eigenvalue weighted by atomic mass is 10.3. The lowest BCUT2D eigenvalue weighted by molar-refractivity contribution is -0.137. The molecule has 1 fully saturated rings. The first-order valence-corrected chi connectivity index (χ1v) is 7.98. The quantitative estimate of drug-likeness (QED) is 0.745. The SMILES string of the molecule is COC(=O)CS[C@@H]1CCN(C(=O)COc2ccc(F)cc2)C1. The fourth-order valence-electron chi connectivity index (χ4n) is 2.10. The first-order chi connectivity index (χ1) is 10.6. The second-order valence-electron chi connectivity index (χ2n) is 4.88. The third-order valence-electron chi connectivity index (χ3n) is 3.34. The van der Waals surface area contributed by atoms with E-state index in [0.29, 0.717) is 24.6 Å². The fourth-order valence-corrected chi connectivity index (χ4v) is 3.15. The predicted molar refractivity (Wildman–Crippen MR) is 81.4 cm³/mol. The maximum absolute atomic E-state index is 12.8. The summed E-state index contributed by atoms with van der Waals surface area (Å²) in [7, 11) is 1.36. The van der Waals surface area contributed by atoms with Crippen LogP contribution < -0.4 is 4.74 Å². The molecular weight excluding hydrogens is 309 g/mol. The average molecular weight is 327 g/mol. The van der Waals surface area contributed by atoms with Gasteiger partial charge in [0.25, 0.3) is 5.91 Å². The largest absolute Gasteiger partial charge is 0.484 e. The molecule has 7 heteroatoms. The van der Waals surface area contributed by atoms with Gasteiger partial charge >= 0.3 is 5.97 Å². The first-order valence-electron chi connectivity index (χ1n) is 6.93. The van der Waals surface area contributed by atoms with E-state index in [1.54, 1.807) is 4.90 Å². The number of nitrogens with zero attached hydrogens (tertiary/aromatic N) is 1. The van der Waals surface area contributed by atoms with Gasteiger partial charge in [0.15, 0.2) is 6.61 Å². The molecule has 120 valence electrons. The number of esters is 1. The minimum absolute atomic E-state index is 0.0694. The van der Waals surface area contributed by atoms with Crippen LogP contribution in [0.25, 0.3) is 0 Å². The predicted octanol–water partition coefficient (Wildman–Crippen LogP) is 1.71. The van der Waals surface area contributed by atoms with Crippen LogP contribution in [0, 0.1) is 5.82 Å². The molecule has 22 heavy (non-hydrogen) atoms. The third kappa shape index (κ3) is 4.91. The van der Waals surface area contributed by atoms with Crippen molar-refractivity contribution in [2.24, 2.45) is 0 Å². The summed E-state index contributed by atoms with van der Waals surface area (Å²) < 4.78 is 22.7. The number of amides is 1. The van der Waals surface area contributed by atoms with Gasteiger partial charge in [-0.3, -0.25) is 9.59 Å². The molecule has 1 aromatic rings. The highest BCUT2D eigenvalue weighted by molar-refractivity contribution is 8.00. The lowest BCUT2D eigenvalue weighted by Gasteiger charge is -2.16. The Balaban J connectivity index is 1.72. The van der Waals surface area contributed by atoms with Crippen LogP contribution in [0.2, 0.25) is 0 Å². The molecule has 0 spiro atoms. The smallest absolute Gasteiger partial charge is 0.315 e. The summed E-state index contributed by atoms with van der Waals surface area (Å²) in [4.78, 5) is 24.9. The van der Waals surface area contributed by atoms with Crippen molar-refractivity contribution >= 4 is 23.6 Å². The highest BCUT2D eigenvalue weighted by Gasteiger charge is 2.27. The minimum Gasteiger partial charge on any atom is -0.484 e. The molecule has 1 saturated heterocycles. The molecule has 0 bridgehead atoms. The topological polar surface area (TPSA) is 55.8 Å². The number of methoxy groups -OCH3 is 1. The van der Waals surface area contributed by atoms with E-state index in [4.69, 9.17) is 4.74 Å². The van der Waals surface area contributed by atoms with E-state index in [1.165, 1.54) is 43.1 Å². The van der Waals surface area contributed by atoms with Gasteiger partial charge in [-0.2, -0.15) is 0 Å². The second-order valence-corrected chi connectivity index (χ2v) is 6.17. The molecule has 0 aromatic heterocycles. The van der Waals surface area contributed by atoms with Gasteiger partial charge in [-0.1, -0.05) is 0 Å². The van der Waals surface area contributed by atoms with Crippen molar-refractivity contribution in [2.45, 2.75) is 11.7 Å². The third-order valence-corrected chi connectivity index (χ3v) is 4.60. The van der Waals surface area contributed by atoms with E-state index < -0.39 is 0 Å². The van der Waals surface area contributed by atoms with Crippen molar-refractivity contribution in [3.63, 3.8) is 0 Å². The van der Waals surface area contributed by atoms with Crippen LogP contribution in [-0.4, -0.2) is 54.6 Å². The molecule has 0 aliphatic carbocycles. The van der Waals surface area contributed by atoms with Gasteiger partial charge in [-0.15, -0.1) is 11.8 Å². The summed E-state index contributed by atoms with van der Waals surface area (Å²) in [5.41, 5.74) is 0. The monoisotopic (exact) mass is 327 g/mol. The number of carbonyl (C=O) groups excluding carboxylic acids is 2. The van der Waals surface area contributed by atoms with Crippen LogP contribution >= 0.6 is 11.8 Å². The molecule has 0 N–H and O–H groups in total. The van der Waals surface area contributed by atoms with Crippen molar-refractivity contribution in [2.75, 3.05) is 32.6 Å². The van der Waals surface area contributed by atoms with E-state index in [2.05, 4.69) is 4.74 Å². The molecule has 0 radical (unpaired) electrons. The number of ether oxygens (including phenoxy) is 2. The van der Waals surface area contributed by atoms with Crippen LogP contribution in [0.4, 0.5) is 4.39 Å². The lowest BCUT2D eigenvalue weighted by Crippen LogP contribution is -2.33. The summed E-state index contributed by atoms with van der Waals surface area (Å²) in [5.74, 6) is 0.0594. The number of halogens is 1. The molecule has 1 aromatic carbocycles. The highest BCUT2D eigenvalue weighted by Crippen LogP contribution is 2.23. The Morgan fingerprint density at radius 1 is 1.36 bits per heavy atom. The van der Waals surface area contributed by atoms with Crippen molar-refractivity contribution in [1.82, 2.24) is 4.90 Å². The fraction of sp³-hybridized carbons (Fsp3) is 0.467. The molecule has 0 unspecified atom stereocenters. The maximum atomic E-state index is 12.8. The standard InChI is InChI=1S/C15H18FNO4S/c1-20-15(19)10-22-13-6-7-17(8-13)14(18)9-21-12-4-2-11(16)3-5-12/h2-5,13H,6-10H2,1H3/t13-/m1/s1. The minimum atomic E-state index is -0.344. The van der Waals surface area contributed by atoms with E-state index in [1.807, 2.05) is 0 Å². The number of rotatable bonds is 6. The van der Waals surface area contributed by atoms with Crippen molar-refractivity contribution < 1.29 is 23.5 Å². The van der Waals surface area contributed by atoms with Gasteiger partial charge in [0.1, 0.15) is 11.6 Å². The zero-order chi connectivity index (χ0) is 15.9. The Labute approximate surface area is 132 Å². The number of hydrogen-bond acceptors (Lipinski definition) is 5. The van der Waals surface area contributed by atoms with Gasteiger partial charge in [0, 0.05) is 18.3 Å². The van der Waals surface area contributed by atoms with Crippen molar-refractivity contribution in [3.05, 3.63) is 30.1 Å². The molecule has 1 aliphatic heterocycles. The Morgan fingerprint density at radius 3 is 2.77 bits per heavy atom. The molecule has 1 heterocycles. The van der Waals surface area contributed by atoms with Gasteiger partial charge < -0.3 is 14.4 Å². The number of carbonyl (C=O) groups is 2. The Kier molecular flexibility index (Phi) is 6.06. The van der Waals surface area contributed by atoms with Crippen LogP contribution in [0.5, 0.6) is 5.75 Å². The average Bonchev–Trinajstić information content (AvgIpc) is 3.00. The molecular formula is C15H18FNO4S. The Morgan fingerprint density at radius 2 is 2.09 bits per heavy atom. The van der Waals surface area contributed by atoms with E-state index in [0.717, 1.165) is 6.42 Å². The first kappa shape index (κ1) is 16.6. The van der Waals surface area contributed by atoms with Crippen LogP contribution in [0.15, 0.2) is 24.3 Å². The number of hydrogen-bond donors (Lipinski definition) is 0. The van der Waals surface area contributed by atoms with Crippen LogP contribution in [0.1, 0.15) is 6.42 Å². The summed E-state index contributed by atoms with van der Waals surface area (Å²) in [5, 5.41) is 0.244. The summed E-state index contributed by atoms with van der Waals surface area (Å²) in [6.45, 7) is 1.19. The van der Waals surface area contributed by atoms with E-state index >= 15 is 0 Å². The molecule has 5 nitrogen and oxygen atoms in total. The van der Waals surface area contributed by atoms with E-state index in [-0.39, 0.29) is 29.6 Å². The van der Waals surface area contributed by atoms with Gasteiger partial charge in [-0.05, 0) is 30.7 Å². The Hall–Kier alpha value is -1.76. The summed E-state index contributed by atoms with van der Waals surface area (Å²) in [6, 6.07) is 5.55. The number of likely N-dealkylation sites (tertiary alicyclic amines) is 1. The maximum Gasteiger partial charge on any atom is 0.315 e. The molecule has 1 amide bonds. The van der Waals surface area contributed by atoms with Crippen LogP contribution in [0.3, 0.4) is 0 Å². The van der Waals surface area contributed by atoms with Crippen molar-refractivity contribution in [3.8, 4) is 5.75 Å². The van der Waals surface area contributed by atoms with Crippen molar-refractivity contribution in [1.29, 1.82) is 0 Å². The van der Waals surface area contributed by atoms with Gasteiger partial charge in [-0.25, -0.2) is 4.39 Å². The molecule has 2 rings (SSSR count). The number of benzene rings is 1. The van der Waals surface area contributed by atoms with Crippen LogP contribution in [-0.2, 0) is 14.3 Å². The number of thioether (sulfide) groups is 1. The van der Waals surface area contributed by atoms with E-state index in [9.17, 15) is 14.0 Å². The molecule has 0 saturated carbocycles. The van der Waals surface area contributed by atoms with Gasteiger partial charge in [0.05, 0.1) is 12.9 Å². The second kappa shape index (κ2) is 8.03. The zero-order valence-electron chi connectivity index (χ0n) is 12.3. The highest BCUT2D eigenvalue weighted by atomic mass is 32.2. The Bertz CT molecular complexity index is 523. The zero-order valence-corrected chi connectivity index (χ0v) is 13.1. The molecule has 1 aliphatic rings. The molecule has 1 atom stereocenters. The van der Waals surface area contributed by atoms with Gasteiger partial charge in [0.2, 0.25) is 0 Å². The summed E-state index contributed by atoms with van der Waals surface area (Å²) in [6.07, 6.45) is 0.851.